The lowest BCUT2D eigenvalue weighted by Gasteiger charge is -2.14. The molecule has 0 aliphatic heterocycles. The highest BCUT2D eigenvalue weighted by Gasteiger charge is 2.19. The van der Waals surface area contributed by atoms with E-state index >= 15 is 0 Å². The van der Waals surface area contributed by atoms with Crippen molar-refractivity contribution in [3.63, 3.8) is 0 Å². The van der Waals surface area contributed by atoms with Crippen molar-refractivity contribution in [1.82, 2.24) is 20.1 Å². The minimum absolute atomic E-state index is 0.151. The van der Waals surface area contributed by atoms with E-state index in [0.29, 0.717) is 37.3 Å². The number of nitrogens with zero attached hydrogens (tertiary/aromatic N) is 3. The molecule has 2 amide bonds. The molecule has 7 nitrogen and oxygen atoms in total. The average Bonchev–Trinajstić information content (AvgIpc) is 3.11. The molecule has 0 aliphatic rings. The molecule has 1 aromatic heterocycles. The van der Waals surface area contributed by atoms with Crippen molar-refractivity contribution in [2.24, 2.45) is 7.05 Å². The number of anilines is 1. The van der Waals surface area contributed by atoms with Crippen LogP contribution in [0.15, 0.2) is 41.6 Å². The van der Waals surface area contributed by atoms with Crippen LogP contribution in [-0.4, -0.2) is 32.3 Å². The molecule has 0 aliphatic carbocycles. The lowest BCUT2D eigenvalue weighted by Crippen LogP contribution is -2.28. The van der Waals surface area contributed by atoms with Gasteiger partial charge in [-0.25, -0.2) is 0 Å². The van der Waals surface area contributed by atoms with Crippen LogP contribution in [0.1, 0.15) is 34.7 Å². The van der Waals surface area contributed by atoms with Crippen molar-refractivity contribution >= 4 is 64.1 Å². The highest BCUT2D eigenvalue weighted by Crippen LogP contribution is 2.24. The summed E-state index contributed by atoms with van der Waals surface area (Å²) in [6, 6.07) is 9.51. The molecule has 0 fully saturated rings. The molecule has 1 atom stereocenters. The second-order valence-electron chi connectivity index (χ2n) is 7.02. The molecule has 32 heavy (non-hydrogen) atoms. The third-order valence-corrected chi connectivity index (χ3v) is 6.57. The molecule has 2 N–H and O–H groups in total. The standard InChI is InChI=1S/C21H20Cl3N5O2S/c1-11-8-14(22)5-7-17(11)26-18(30)10-32-21-28-27-19(29(21)3)12(2)25-20(31)13-4-6-15(23)16(24)9-13/h4-9,12H,10H2,1-3H3,(H,25,31)(H,26,30)/t12-/m0/s1. The second-order valence-corrected chi connectivity index (χ2v) is 9.21. The lowest BCUT2D eigenvalue weighted by atomic mass is 10.2. The van der Waals surface area contributed by atoms with E-state index in [-0.39, 0.29) is 17.6 Å². The zero-order valence-corrected chi connectivity index (χ0v) is 20.5. The van der Waals surface area contributed by atoms with E-state index < -0.39 is 6.04 Å². The quantitative estimate of drug-likeness (QED) is 0.419. The number of hydrogen-bond donors (Lipinski definition) is 2. The van der Waals surface area contributed by atoms with Crippen LogP contribution in [-0.2, 0) is 11.8 Å². The van der Waals surface area contributed by atoms with Gasteiger partial charge in [0, 0.05) is 23.3 Å². The molecule has 0 radical (unpaired) electrons. The fraction of sp³-hybridized carbons (Fsp3) is 0.238. The van der Waals surface area contributed by atoms with E-state index in [9.17, 15) is 9.59 Å². The Morgan fingerprint density at radius 1 is 1.09 bits per heavy atom. The highest BCUT2D eigenvalue weighted by molar-refractivity contribution is 7.99. The van der Waals surface area contributed by atoms with Crippen molar-refractivity contribution < 1.29 is 9.59 Å². The number of hydrogen-bond acceptors (Lipinski definition) is 5. The van der Waals surface area contributed by atoms with E-state index in [1.807, 2.05) is 6.92 Å². The van der Waals surface area contributed by atoms with Crippen LogP contribution in [0.5, 0.6) is 0 Å². The van der Waals surface area contributed by atoms with E-state index in [2.05, 4.69) is 20.8 Å². The van der Waals surface area contributed by atoms with Gasteiger partial charge in [-0.1, -0.05) is 46.6 Å². The van der Waals surface area contributed by atoms with Gasteiger partial charge in [0.25, 0.3) is 5.91 Å². The summed E-state index contributed by atoms with van der Waals surface area (Å²) < 4.78 is 1.74. The molecule has 3 rings (SSSR count). The minimum atomic E-state index is -0.422. The maximum Gasteiger partial charge on any atom is 0.251 e. The predicted molar refractivity (Wildman–Crippen MR) is 129 cm³/mol. The number of carbonyl (C=O) groups is 2. The number of nitrogens with one attached hydrogen (secondary N) is 2. The zero-order chi connectivity index (χ0) is 23.4. The van der Waals surface area contributed by atoms with Gasteiger partial charge in [-0.15, -0.1) is 10.2 Å². The van der Waals surface area contributed by atoms with Gasteiger partial charge in [-0.05, 0) is 55.8 Å². The first-order chi connectivity index (χ1) is 15.2. The molecular formula is C21H20Cl3N5O2S. The third-order valence-electron chi connectivity index (χ3n) is 4.58. The van der Waals surface area contributed by atoms with Crippen molar-refractivity contribution in [1.29, 1.82) is 0 Å². The number of benzene rings is 2. The smallest absolute Gasteiger partial charge is 0.251 e. The molecular weight excluding hydrogens is 493 g/mol. The first kappa shape index (κ1) is 24.4. The number of aryl methyl sites for hydroxylation is 1. The summed E-state index contributed by atoms with van der Waals surface area (Å²) in [7, 11) is 1.78. The Hall–Kier alpha value is -2.26. The van der Waals surface area contributed by atoms with Gasteiger partial charge in [-0.3, -0.25) is 9.59 Å². The Balaban J connectivity index is 1.59. The van der Waals surface area contributed by atoms with Crippen molar-refractivity contribution in [3.05, 3.63) is 68.4 Å². The lowest BCUT2D eigenvalue weighted by molar-refractivity contribution is -0.113. The molecule has 11 heteroatoms. The molecule has 168 valence electrons. The molecule has 0 saturated heterocycles. The van der Waals surface area contributed by atoms with Crippen molar-refractivity contribution in [2.75, 3.05) is 11.1 Å². The Bertz CT molecular complexity index is 1170. The normalized spacial score (nSPS) is 11.8. The summed E-state index contributed by atoms with van der Waals surface area (Å²) in [6.07, 6.45) is 0. The summed E-state index contributed by atoms with van der Waals surface area (Å²) in [4.78, 5) is 24.8. The van der Waals surface area contributed by atoms with Crippen LogP contribution in [0.3, 0.4) is 0 Å². The summed E-state index contributed by atoms with van der Waals surface area (Å²) in [5.41, 5.74) is 1.97. The van der Waals surface area contributed by atoms with Gasteiger partial charge in [0.2, 0.25) is 5.91 Å². The van der Waals surface area contributed by atoms with E-state index in [1.54, 1.807) is 48.9 Å². The maximum atomic E-state index is 12.5. The van der Waals surface area contributed by atoms with Crippen LogP contribution < -0.4 is 10.6 Å². The van der Waals surface area contributed by atoms with Crippen LogP contribution in [0.4, 0.5) is 5.69 Å². The Morgan fingerprint density at radius 2 is 1.84 bits per heavy atom. The van der Waals surface area contributed by atoms with Crippen molar-refractivity contribution in [2.45, 2.75) is 25.0 Å². The van der Waals surface area contributed by atoms with Crippen molar-refractivity contribution in [3.8, 4) is 0 Å². The first-order valence-electron chi connectivity index (χ1n) is 9.49. The minimum Gasteiger partial charge on any atom is -0.342 e. The largest absolute Gasteiger partial charge is 0.342 e. The highest BCUT2D eigenvalue weighted by atomic mass is 35.5. The number of aromatic nitrogens is 3. The first-order valence-corrected chi connectivity index (χ1v) is 11.6. The second kappa shape index (κ2) is 10.6. The molecule has 2 aromatic carbocycles. The van der Waals surface area contributed by atoms with E-state index in [4.69, 9.17) is 34.8 Å². The molecule has 0 bridgehead atoms. The molecule has 0 saturated carbocycles. The zero-order valence-electron chi connectivity index (χ0n) is 17.4. The van der Waals surface area contributed by atoms with Gasteiger partial charge < -0.3 is 15.2 Å². The number of rotatable bonds is 7. The van der Waals surface area contributed by atoms with Crippen LogP contribution >= 0.6 is 46.6 Å². The molecule has 1 heterocycles. The molecule has 3 aromatic rings. The Kier molecular flexibility index (Phi) is 8.05. The van der Waals surface area contributed by atoms with Gasteiger partial charge in [0.05, 0.1) is 21.8 Å². The van der Waals surface area contributed by atoms with Gasteiger partial charge in [0.1, 0.15) is 0 Å². The SMILES string of the molecule is Cc1cc(Cl)ccc1NC(=O)CSc1nnc([C@H](C)NC(=O)c2ccc(Cl)c(Cl)c2)n1C. The monoisotopic (exact) mass is 511 g/mol. The Labute approximate surface area is 204 Å². The van der Waals surface area contributed by atoms with E-state index in [0.717, 1.165) is 5.56 Å². The molecule has 0 spiro atoms. The number of thioether (sulfide) groups is 1. The number of halogens is 3. The van der Waals surface area contributed by atoms with E-state index in [1.165, 1.54) is 17.8 Å². The number of amides is 2. The van der Waals surface area contributed by atoms with Gasteiger partial charge >= 0.3 is 0 Å². The average molecular weight is 513 g/mol. The fourth-order valence-electron chi connectivity index (χ4n) is 2.89. The van der Waals surface area contributed by atoms with Crippen LogP contribution in [0, 0.1) is 6.92 Å². The summed E-state index contributed by atoms with van der Waals surface area (Å²) in [5.74, 6) is 0.213. The summed E-state index contributed by atoms with van der Waals surface area (Å²) in [6.45, 7) is 3.67. The number of carbonyl (C=O) groups excluding carboxylic acids is 2. The Morgan fingerprint density at radius 3 is 2.53 bits per heavy atom. The van der Waals surface area contributed by atoms with Gasteiger partial charge in [-0.2, -0.15) is 0 Å². The van der Waals surface area contributed by atoms with Crippen LogP contribution in [0.2, 0.25) is 15.1 Å². The maximum absolute atomic E-state index is 12.5. The predicted octanol–water partition coefficient (Wildman–Crippen LogP) is 5.31. The molecule has 0 unspecified atom stereocenters. The third kappa shape index (κ3) is 5.95. The van der Waals surface area contributed by atoms with Crippen LogP contribution in [0.25, 0.3) is 0 Å². The summed E-state index contributed by atoms with van der Waals surface area (Å²) in [5, 5.41) is 15.9. The van der Waals surface area contributed by atoms with Gasteiger partial charge in [0.15, 0.2) is 11.0 Å². The summed E-state index contributed by atoms with van der Waals surface area (Å²) >= 11 is 19.1. The fourth-order valence-corrected chi connectivity index (χ4v) is 4.14. The topological polar surface area (TPSA) is 88.9 Å².